The molecule has 0 aromatic heterocycles. The number of hydrogen-bond donors (Lipinski definition) is 2. The van der Waals surface area contributed by atoms with Crippen LogP contribution in [0.1, 0.15) is 47.5 Å². The third-order valence-corrected chi connectivity index (χ3v) is 3.89. The largest absolute Gasteiger partial charge is 0.356 e. The molecule has 2 atom stereocenters. The van der Waals surface area contributed by atoms with Gasteiger partial charge >= 0.3 is 0 Å². The average Bonchev–Trinajstić information content (AvgIpc) is 2.36. The molecule has 0 radical (unpaired) electrons. The van der Waals surface area contributed by atoms with Crippen molar-refractivity contribution in [2.45, 2.75) is 59.5 Å². The van der Waals surface area contributed by atoms with Crippen LogP contribution in [0.3, 0.4) is 0 Å². The van der Waals surface area contributed by atoms with Crippen LogP contribution in [-0.4, -0.2) is 48.4 Å². The van der Waals surface area contributed by atoms with Crippen LogP contribution in [0.5, 0.6) is 0 Å². The summed E-state index contributed by atoms with van der Waals surface area (Å²) in [4.78, 5) is 25.8. The summed E-state index contributed by atoms with van der Waals surface area (Å²) >= 11 is 0. The van der Waals surface area contributed by atoms with Gasteiger partial charge in [-0.1, -0.05) is 20.8 Å². The van der Waals surface area contributed by atoms with Gasteiger partial charge in [0.2, 0.25) is 11.8 Å². The summed E-state index contributed by atoms with van der Waals surface area (Å²) in [5.74, 6) is 0.227. The summed E-state index contributed by atoms with van der Waals surface area (Å²) in [6.07, 6.45) is 1.20. The van der Waals surface area contributed by atoms with Gasteiger partial charge in [-0.05, 0) is 20.3 Å². The first-order chi connectivity index (χ1) is 9.23. The first-order valence-electron chi connectivity index (χ1n) is 7.54. The molecule has 2 unspecified atom stereocenters. The molecule has 1 heterocycles. The molecule has 1 saturated heterocycles. The fourth-order valence-corrected chi connectivity index (χ4v) is 2.26. The van der Waals surface area contributed by atoms with Crippen LogP contribution >= 0.6 is 0 Å². The lowest BCUT2D eigenvalue weighted by molar-refractivity contribution is -0.135. The Bertz CT molecular complexity index is 350. The Morgan fingerprint density at radius 2 is 1.95 bits per heavy atom. The first-order valence-corrected chi connectivity index (χ1v) is 7.54. The van der Waals surface area contributed by atoms with Crippen molar-refractivity contribution in [2.75, 3.05) is 19.6 Å². The van der Waals surface area contributed by atoms with E-state index in [0.29, 0.717) is 25.4 Å². The molecule has 1 aliphatic heterocycles. The van der Waals surface area contributed by atoms with Crippen molar-refractivity contribution in [3.8, 4) is 0 Å². The molecule has 116 valence electrons. The van der Waals surface area contributed by atoms with Crippen molar-refractivity contribution >= 4 is 11.8 Å². The minimum Gasteiger partial charge on any atom is -0.356 e. The Hall–Kier alpha value is -1.10. The maximum Gasteiger partial charge on any atom is 0.225 e. The first kappa shape index (κ1) is 17.0. The number of carbonyl (C=O) groups excluding carboxylic acids is 2. The third kappa shape index (κ3) is 4.78. The molecule has 20 heavy (non-hydrogen) atoms. The van der Waals surface area contributed by atoms with E-state index in [1.807, 2.05) is 25.7 Å². The monoisotopic (exact) mass is 283 g/mol. The lowest BCUT2D eigenvalue weighted by Crippen LogP contribution is -2.57. The van der Waals surface area contributed by atoms with Crippen LogP contribution in [0.2, 0.25) is 0 Å². The van der Waals surface area contributed by atoms with E-state index >= 15 is 0 Å². The topological polar surface area (TPSA) is 61.4 Å². The van der Waals surface area contributed by atoms with E-state index in [2.05, 4.69) is 24.5 Å². The van der Waals surface area contributed by atoms with Gasteiger partial charge < -0.3 is 15.5 Å². The van der Waals surface area contributed by atoms with Gasteiger partial charge in [-0.25, -0.2) is 0 Å². The predicted octanol–water partition coefficient (Wildman–Crippen LogP) is 1.14. The molecular weight excluding hydrogens is 254 g/mol. The van der Waals surface area contributed by atoms with Gasteiger partial charge in [0.05, 0.1) is 0 Å². The standard InChI is InChI=1S/C15H29N3O2/c1-11-12(2)18(10-9-16-11)13(19)7-6-8-17-14(20)15(3,4)5/h11-12,16H,6-10H2,1-5H3,(H,17,20). The number of rotatable bonds is 4. The van der Waals surface area contributed by atoms with Crippen LogP contribution in [-0.2, 0) is 9.59 Å². The summed E-state index contributed by atoms with van der Waals surface area (Å²) in [6, 6.07) is 0.578. The second-order valence-corrected chi connectivity index (χ2v) is 6.68. The molecule has 5 heteroatoms. The number of nitrogens with one attached hydrogen (secondary N) is 2. The Kier molecular flexibility index (Phi) is 5.99. The highest BCUT2D eigenvalue weighted by Gasteiger charge is 2.27. The minimum absolute atomic E-state index is 0.0362. The van der Waals surface area contributed by atoms with Crippen molar-refractivity contribution in [3.05, 3.63) is 0 Å². The van der Waals surface area contributed by atoms with E-state index < -0.39 is 0 Å². The minimum atomic E-state index is -0.369. The molecule has 2 amide bonds. The highest BCUT2D eigenvalue weighted by atomic mass is 16.2. The fourth-order valence-electron chi connectivity index (χ4n) is 2.26. The Morgan fingerprint density at radius 3 is 2.55 bits per heavy atom. The molecule has 0 bridgehead atoms. The van der Waals surface area contributed by atoms with E-state index in [9.17, 15) is 9.59 Å². The maximum absolute atomic E-state index is 12.2. The number of amides is 2. The number of hydrogen-bond acceptors (Lipinski definition) is 3. The molecule has 1 rings (SSSR count). The van der Waals surface area contributed by atoms with E-state index in [1.165, 1.54) is 0 Å². The van der Waals surface area contributed by atoms with Gasteiger partial charge in [0.15, 0.2) is 0 Å². The number of piperazine rings is 1. The van der Waals surface area contributed by atoms with Crippen molar-refractivity contribution in [3.63, 3.8) is 0 Å². The summed E-state index contributed by atoms with van der Waals surface area (Å²) in [5, 5.41) is 6.24. The molecule has 5 nitrogen and oxygen atoms in total. The lowest BCUT2D eigenvalue weighted by Gasteiger charge is -2.38. The van der Waals surface area contributed by atoms with E-state index in [4.69, 9.17) is 0 Å². The molecule has 0 aromatic carbocycles. The van der Waals surface area contributed by atoms with Crippen LogP contribution in [0.25, 0.3) is 0 Å². The third-order valence-electron chi connectivity index (χ3n) is 3.89. The molecule has 1 fully saturated rings. The fraction of sp³-hybridized carbons (Fsp3) is 0.867. The zero-order chi connectivity index (χ0) is 15.3. The Labute approximate surface area is 122 Å². The molecule has 0 aromatic rings. The maximum atomic E-state index is 12.2. The average molecular weight is 283 g/mol. The summed E-state index contributed by atoms with van der Waals surface area (Å²) in [7, 11) is 0. The van der Waals surface area contributed by atoms with Crippen LogP contribution in [0.15, 0.2) is 0 Å². The van der Waals surface area contributed by atoms with Crippen molar-refractivity contribution in [1.29, 1.82) is 0 Å². The normalized spacial score (nSPS) is 23.6. The molecule has 2 N–H and O–H groups in total. The van der Waals surface area contributed by atoms with Gasteiger partial charge in [-0.2, -0.15) is 0 Å². The van der Waals surface area contributed by atoms with E-state index in [0.717, 1.165) is 13.1 Å². The molecular formula is C15H29N3O2. The van der Waals surface area contributed by atoms with Gasteiger partial charge in [0.1, 0.15) is 0 Å². The summed E-state index contributed by atoms with van der Waals surface area (Å²) in [6.45, 7) is 12.0. The molecule has 0 saturated carbocycles. The molecule has 0 spiro atoms. The van der Waals surface area contributed by atoms with Gasteiger partial charge in [0, 0.05) is 43.6 Å². The SMILES string of the molecule is CC1NCCN(C(=O)CCCNC(=O)C(C)(C)C)C1C. The van der Waals surface area contributed by atoms with Gasteiger partial charge in [0.25, 0.3) is 0 Å². The number of nitrogens with zero attached hydrogens (tertiary/aromatic N) is 1. The van der Waals surface area contributed by atoms with Gasteiger partial charge in [-0.15, -0.1) is 0 Å². The van der Waals surface area contributed by atoms with Crippen LogP contribution < -0.4 is 10.6 Å². The van der Waals surface area contributed by atoms with Crippen molar-refractivity contribution in [1.82, 2.24) is 15.5 Å². The summed E-state index contributed by atoms with van der Waals surface area (Å²) < 4.78 is 0. The van der Waals surface area contributed by atoms with Crippen LogP contribution in [0.4, 0.5) is 0 Å². The highest BCUT2D eigenvalue weighted by Crippen LogP contribution is 2.13. The van der Waals surface area contributed by atoms with Crippen molar-refractivity contribution in [2.24, 2.45) is 5.41 Å². The lowest BCUT2D eigenvalue weighted by atomic mass is 9.96. The predicted molar refractivity (Wildman–Crippen MR) is 80.3 cm³/mol. The summed E-state index contributed by atoms with van der Waals surface area (Å²) in [5.41, 5.74) is -0.369. The van der Waals surface area contributed by atoms with E-state index in [1.54, 1.807) is 0 Å². The molecule has 0 aliphatic carbocycles. The zero-order valence-corrected chi connectivity index (χ0v) is 13.5. The van der Waals surface area contributed by atoms with Crippen LogP contribution in [0, 0.1) is 5.41 Å². The highest BCUT2D eigenvalue weighted by molar-refractivity contribution is 5.81. The van der Waals surface area contributed by atoms with E-state index in [-0.39, 0.29) is 23.3 Å². The Balaban J connectivity index is 2.28. The number of carbonyl (C=O) groups is 2. The second-order valence-electron chi connectivity index (χ2n) is 6.68. The Morgan fingerprint density at radius 1 is 1.30 bits per heavy atom. The quantitative estimate of drug-likeness (QED) is 0.761. The second kappa shape index (κ2) is 7.07. The van der Waals surface area contributed by atoms with Gasteiger partial charge in [-0.3, -0.25) is 9.59 Å². The van der Waals surface area contributed by atoms with Crippen molar-refractivity contribution < 1.29 is 9.59 Å². The molecule has 1 aliphatic rings. The smallest absolute Gasteiger partial charge is 0.225 e. The zero-order valence-electron chi connectivity index (χ0n) is 13.5.